The van der Waals surface area contributed by atoms with Crippen LogP contribution in [0, 0.1) is 0 Å². The lowest BCUT2D eigenvalue weighted by Crippen LogP contribution is -2.06. The Balaban J connectivity index is 3.12. The smallest absolute Gasteiger partial charge is 0.328 e. The molecule has 0 aliphatic carbocycles. The van der Waals surface area contributed by atoms with Crippen molar-refractivity contribution in [2.24, 2.45) is 0 Å². The summed E-state index contributed by atoms with van der Waals surface area (Å²) in [7, 11) is 0. The third-order valence-electron chi connectivity index (χ3n) is 3.81. The van der Waals surface area contributed by atoms with Gasteiger partial charge >= 0.3 is 5.97 Å². The first kappa shape index (κ1) is 19.9. The van der Waals surface area contributed by atoms with Crippen LogP contribution in [-0.2, 0) is 4.79 Å². The molecule has 0 spiro atoms. The van der Waals surface area contributed by atoms with E-state index in [9.17, 15) is 9.59 Å². The van der Waals surface area contributed by atoms with E-state index in [-0.39, 0.29) is 5.78 Å². The Bertz CT molecular complexity index is 587. The van der Waals surface area contributed by atoms with Gasteiger partial charge in [0.15, 0.2) is 5.78 Å². The van der Waals surface area contributed by atoms with E-state index in [1.54, 1.807) is 12.1 Å². The zero-order valence-corrected chi connectivity index (χ0v) is 14.9. The van der Waals surface area contributed by atoms with Gasteiger partial charge in [-0.1, -0.05) is 39.7 Å². The molecular weight excluding hydrogens is 304 g/mol. The van der Waals surface area contributed by atoms with Crippen LogP contribution in [0.1, 0.15) is 75.2 Å². The van der Waals surface area contributed by atoms with E-state index >= 15 is 0 Å². The molecule has 1 rings (SSSR count). The van der Waals surface area contributed by atoms with Crippen LogP contribution in [-0.4, -0.2) is 23.5 Å². The highest BCUT2D eigenvalue weighted by atomic mass is 16.5. The minimum atomic E-state index is -0.979. The summed E-state index contributed by atoms with van der Waals surface area (Å²) in [5, 5.41) is 8.99. The van der Waals surface area contributed by atoms with Gasteiger partial charge in [0, 0.05) is 12.5 Å². The second-order valence-corrected chi connectivity index (χ2v) is 5.80. The number of Topliss-reactive ketones (excluding diaryl/α,β-unsaturated/α-hetero) is 1. The molecule has 0 bridgehead atoms. The number of carbonyl (C=O) groups excluding carboxylic acids is 1. The lowest BCUT2D eigenvalue weighted by molar-refractivity contribution is -0.131. The highest BCUT2D eigenvalue weighted by molar-refractivity contribution is 6.00. The van der Waals surface area contributed by atoms with Gasteiger partial charge in [0.25, 0.3) is 0 Å². The highest BCUT2D eigenvalue weighted by Crippen LogP contribution is 2.27. The fourth-order valence-electron chi connectivity index (χ4n) is 2.51. The summed E-state index contributed by atoms with van der Waals surface area (Å²) in [6.45, 7) is 6.58. The van der Waals surface area contributed by atoms with Crippen LogP contribution in [0.4, 0.5) is 0 Å². The van der Waals surface area contributed by atoms with Crippen LogP contribution in [0.3, 0.4) is 0 Å². The predicted molar refractivity (Wildman–Crippen MR) is 96.6 cm³/mol. The largest absolute Gasteiger partial charge is 0.493 e. The van der Waals surface area contributed by atoms with Crippen LogP contribution >= 0.6 is 0 Å². The molecule has 132 valence electrons. The number of ketones is 1. The molecule has 0 heterocycles. The van der Waals surface area contributed by atoms with E-state index in [4.69, 9.17) is 9.84 Å². The Morgan fingerprint density at radius 3 is 2.46 bits per heavy atom. The minimum Gasteiger partial charge on any atom is -0.493 e. The molecule has 0 aliphatic heterocycles. The van der Waals surface area contributed by atoms with Crippen molar-refractivity contribution in [1.82, 2.24) is 0 Å². The first-order valence-corrected chi connectivity index (χ1v) is 8.77. The van der Waals surface area contributed by atoms with E-state index in [0.717, 1.165) is 31.2 Å². The number of hydrogen-bond donors (Lipinski definition) is 1. The topological polar surface area (TPSA) is 63.6 Å². The molecular formula is C20H28O4. The summed E-state index contributed by atoms with van der Waals surface area (Å²) in [5.41, 5.74) is 2.02. The van der Waals surface area contributed by atoms with Crippen molar-refractivity contribution < 1.29 is 19.4 Å². The Hall–Kier alpha value is -2.10. The van der Waals surface area contributed by atoms with Crippen LogP contribution in [0.5, 0.6) is 5.75 Å². The van der Waals surface area contributed by atoms with Crippen LogP contribution in [0.25, 0.3) is 5.57 Å². The lowest BCUT2D eigenvalue weighted by atomic mass is 9.97. The minimum absolute atomic E-state index is 0.0376. The Kier molecular flexibility index (Phi) is 8.84. The van der Waals surface area contributed by atoms with Crippen LogP contribution < -0.4 is 4.74 Å². The maximum atomic E-state index is 12.4. The normalized spacial score (nSPS) is 11.4. The van der Waals surface area contributed by atoms with Crippen molar-refractivity contribution in [2.75, 3.05) is 6.61 Å². The van der Waals surface area contributed by atoms with E-state index in [2.05, 4.69) is 6.92 Å². The van der Waals surface area contributed by atoms with Crippen molar-refractivity contribution in [2.45, 2.75) is 59.3 Å². The zero-order chi connectivity index (χ0) is 17.9. The molecule has 0 fully saturated rings. The first-order chi connectivity index (χ1) is 11.5. The molecule has 4 heteroatoms. The fraction of sp³-hybridized carbons (Fsp3) is 0.500. The molecule has 0 saturated carbocycles. The summed E-state index contributed by atoms with van der Waals surface area (Å²) in [6.07, 6.45) is 6.18. The van der Waals surface area contributed by atoms with Gasteiger partial charge in [-0.25, -0.2) is 4.79 Å². The summed E-state index contributed by atoms with van der Waals surface area (Å²) in [4.78, 5) is 23.4. The number of ether oxygens (including phenoxy) is 1. The van der Waals surface area contributed by atoms with E-state index in [1.807, 2.05) is 19.9 Å². The quantitative estimate of drug-likeness (QED) is 0.347. The van der Waals surface area contributed by atoms with Gasteiger partial charge in [0.05, 0.1) is 12.2 Å². The molecule has 1 aromatic rings. The maximum Gasteiger partial charge on any atom is 0.328 e. The van der Waals surface area contributed by atoms with Gasteiger partial charge in [0.2, 0.25) is 0 Å². The van der Waals surface area contributed by atoms with Crippen molar-refractivity contribution >= 4 is 17.3 Å². The van der Waals surface area contributed by atoms with Crippen LogP contribution in [0.15, 0.2) is 24.3 Å². The van der Waals surface area contributed by atoms with E-state index < -0.39 is 5.97 Å². The summed E-state index contributed by atoms with van der Waals surface area (Å²) in [6, 6.07) is 5.39. The predicted octanol–water partition coefficient (Wildman–Crippen LogP) is 5.12. The number of benzene rings is 1. The molecule has 0 aliphatic rings. The highest BCUT2D eigenvalue weighted by Gasteiger charge is 2.14. The Labute approximate surface area is 144 Å². The molecule has 0 atom stereocenters. The van der Waals surface area contributed by atoms with Crippen molar-refractivity contribution in [3.05, 3.63) is 35.4 Å². The molecule has 0 unspecified atom stereocenters. The number of carboxylic acid groups (broad SMARTS) is 1. The standard InChI is InChI=1S/C20H28O4/c1-4-7-8-12-24-19-11-10-16(15(6-3)14-20(22)23)13-17(19)18(21)9-5-2/h10-11,13-14H,4-9,12H2,1-3H3,(H,22,23). The second-order valence-electron chi connectivity index (χ2n) is 5.80. The fourth-order valence-corrected chi connectivity index (χ4v) is 2.51. The zero-order valence-electron chi connectivity index (χ0n) is 14.9. The third-order valence-corrected chi connectivity index (χ3v) is 3.81. The van der Waals surface area contributed by atoms with Crippen molar-refractivity contribution in [1.29, 1.82) is 0 Å². The van der Waals surface area contributed by atoms with Gasteiger partial charge < -0.3 is 9.84 Å². The van der Waals surface area contributed by atoms with E-state index in [0.29, 0.717) is 36.3 Å². The molecule has 0 radical (unpaired) electrons. The molecule has 24 heavy (non-hydrogen) atoms. The molecule has 0 aromatic heterocycles. The van der Waals surface area contributed by atoms with E-state index in [1.165, 1.54) is 6.08 Å². The van der Waals surface area contributed by atoms with Gasteiger partial charge in [-0.05, 0) is 42.5 Å². The summed E-state index contributed by atoms with van der Waals surface area (Å²) in [5.74, 6) is -0.345. The number of carbonyl (C=O) groups is 2. The summed E-state index contributed by atoms with van der Waals surface area (Å²) >= 11 is 0. The molecule has 1 N–H and O–H groups in total. The first-order valence-electron chi connectivity index (χ1n) is 8.77. The monoisotopic (exact) mass is 332 g/mol. The molecule has 0 saturated heterocycles. The lowest BCUT2D eigenvalue weighted by Gasteiger charge is -2.13. The Morgan fingerprint density at radius 2 is 1.88 bits per heavy atom. The van der Waals surface area contributed by atoms with Crippen molar-refractivity contribution in [3.63, 3.8) is 0 Å². The number of aliphatic carboxylic acids is 1. The number of allylic oxidation sites excluding steroid dienone is 1. The van der Waals surface area contributed by atoms with Gasteiger partial charge in [-0.15, -0.1) is 0 Å². The average molecular weight is 332 g/mol. The summed E-state index contributed by atoms with van der Waals surface area (Å²) < 4.78 is 5.80. The number of unbranched alkanes of at least 4 members (excludes halogenated alkanes) is 2. The molecule has 4 nitrogen and oxygen atoms in total. The third kappa shape index (κ3) is 6.19. The van der Waals surface area contributed by atoms with Gasteiger partial charge in [0.1, 0.15) is 5.75 Å². The number of rotatable bonds is 11. The maximum absolute atomic E-state index is 12.4. The average Bonchev–Trinajstić information content (AvgIpc) is 2.56. The number of hydrogen-bond acceptors (Lipinski definition) is 3. The molecule has 0 amide bonds. The van der Waals surface area contributed by atoms with Gasteiger partial charge in [-0.3, -0.25) is 4.79 Å². The molecule has 1 aromatic carbocycles. The Morgan fingerprint density at radius 1 is 1.12 bits per heavy atom. The van der Waals surface area contributed by atoms with Crippen LogP contribution in [0.2, 0.25) is 0 Å². The number of carboxylic acids is 1. The second kappa shape index (κ2) is 10.6. The van der Waals surface area contributed by atoms with Crippen molar-refractivity contribution in [3.8, 4) is 5.75 Å². The van der Waals surface area contributed by atoms with Gasteiger partial charge in [-0.2, -0.15) is 0 Å². The SMILES string of the molecule is CCCCCOc1ccc(C(=CC(=O)O)CC)cc1C(=O)CCC.